The molecular formula is C17H11F4N3S. The Morgan fingerprint density at radius 2 is 1.76 bits per heavy atom. The Kier molecular flexibility index (Phi) is 4.80. The van der Waals surface area contributed by atoms with Gasteiger partial charge in [-0.2, -0.15) is 18.3 Å². The van der Waals surface area contributed by atoms with Crippen LogP contribution in [-0.2, 0) is 6.18 Å². The molecule has 128 valence electrons. The van der Waals surface area contributed by atoms with Crippen molar-refractivity contribution in [3.8, 4) is 11.3 Å². The van der Waals surface area contributed by atoms with E-state index in [1.165, 1.54) is 41.7 Å². The van der Waals surface area contributed by atoms with E-state index in [0.717, 1.165) is 17.8 Å². The summed E-state index contributed by atoms with van der Waals surface area (Å²) in [6, 6.07) is 11.0. The molecule has 0 aliphatic carbocycles. The minimum atomic E-state index is -4.44. The smallest absolute Gasteiger partial charge is 0.253 e. The molecule has 1 heterocycles. The number of rotatable bonds is 4. The summed E-state index contributed by atoms with van der Waals surface area (Å²) in [6.07, 6.45) is -3.35. The van der Waals surface area contributed by atoms with E-state index in [1.807, 2.05) is 0 Å². The molecule has 0 unspecified atom stereocenters. The number of hydrogen-bond donors (Lipinski definition) is 1. The van der Waals surface area contributed by atoms with Crippen LogP contribution in [0.15, 0.2) is 59.0 Å². The Hall–Kier alpha value is -2.74. The maximum absolute atomic E-state index is 12.9. The lowest BCUT2D eigenvalue weighted by molar-refractivity contribution is -0.137. The highest BCUT2D eigenvalue weighted by atomic mass is 32.1. The van der Waals surface area contributed by atoms with Crippen LogP contribution in [0.4, 0.5) is 22.7 Å². The number of hydrogen-bond acceptors (Lipinski definition) is 4. The first kappa shape index (κ1) is 17.1. The van der Waals surface area contributed by atoms with Gasteiger partial charge in [-0.15, -0.1) is 11.3 Å². The van der Waals surface area contributed by atoms with Crippen LogP contribution < -0.4 is 5.43 Å². The fourth-order valence-electron chi connectivity index (χ4n) is 2.10. The first-order chi connectivity index (χ1) is 11.9. The van der Waals surface area contributed by atoms with Gasteiger partial charge >= 0.3 is 6.18 Å². The van der Waals surface area contributed by atoms with E-state index in [1.54, 1.807) is 17.5 Å². The van der Waals surface area contributed by atoms with Crippen molar-refractivity contribution in [1.29, 1.82) is 0 Å². The molecule has 0 saturated carbocycles. The first-order valence-corrected chi connectivity index (χ1v) is 7.98. The monoisotopic (exact) mass is 365 g/mol. The zero-order chi connectivity index (χ0) is 17.9. The SMILES string of the molecule is Fc1ccc(-c2csc(N/N=C\c3ccccc3C(F)(F)F)n2)cc1. The van der Waals surface area contributed by atoms with Gasteiger partial charge in [0.05, 0.1) is 17.5 Å². The van der Waals surface area contributed by atoms with Gasteiger partial charge in [0.25, 0.3) is 0 Å². The van der Waals surface area contributed by atoms with Gasteiger partial charge in [0, 0.05) is 16.5 Å². The lowest BCUT2D eigenvalue weighted by Gasteiger charge is -2.08. The van der Waals surface area contributed by atoms with Crippen LogP contribution >= 0.6 is 11.3 Å². The summed E-state index contributed by atoms with van der Waals surface area (Å²) in [4.78, 5) is 4.26. The van der Waals surface area contributed by atoms with E-state index in [4.69, 9.17) is 0 Å². The van der Waals surface area contributed by atoms with Crippen molar-refractivity contribution in [1.82, 2.24) is 4.98 Å². The third-order valence-electron chi connectivity index (χ3n) is 3.27. The second-order valence-electron chi connectivity index (χ2n) is 5.00. The molecule has 0 bridgehead atoms. The fourth-order valence-corrected chi connectivity index (χ4v) is 2.77. The minimum absolute atomic E-state index is 0.0437. The molecular weight excluding hydrogens is 354 g/mol. The van der Waals surface area contributed by atoms with E-state index in [2.05, 4.69) is 15.5 Å². The molecule has 1 aromatic heterocycles. The molecule has 0 saturated heterocycles. The van der Waals surface area contributed by atoms with E-state index in [0.29, 0.717) is 10.8 Å². The van der Waals surface area contributed by atoms with Crippen molar-refractivity contribution in [2.75, 3.05) is 5.43 Å². The lowest BCUT2D eigenvalue weighted by atomic mass is 10.1. The second kappa shape index (κ2) is 7.02. The van der Waals surface area contributed by atoms with Gasteiger partial charge in [0.15, 0.2) is 0 Å². The number of benzene rings is 2. The number of aromatic nitrogens is 1. The van der Waals surface area contributed by atoms with Crippen LogP contribution in [0.2, 0.25) is 0 Å². The van der Waals surface area contributed by atoms with Crippen LogP contribution in [0, 0.1) is 5.82 Å². The highest BCUT2D eigenvalue weighted by Gasteiger charge is 2.32. The Morgan fingerprint density at radius 3 is 2.48 bits per heavy atom. The molecule has 0 fully saturated rings. The fraction of sp³-hybridized carbons (Fsp3) is 0.0588. The highest BCUT2D eigenvalue weighted by molar-refractivity contribution is 7.14. The van der Waals surface area contributed by atoms with Gasteiger partial charge in [-0.05, 0) is 30.3 Å². The number of nitrogens with zero attached hydrogens (tertiary/aromatic N) is 2. The quantitative estimate of drug-likeness (QED) is 0.381. The summed E-state index contributed by atoms with van der Waals surface area (Å²) in [5, 5.41) is 5.98. The molecule has 25 heavy (non-hydrogen) atoms. The van der Waals surface area contributed by atoms with Crippen molar-refractivity contribution < 1.29 is 17.6 Å². The molecule has 3 nitrogen and oxygen atoms in total. The Labute approximate surface area is 144 Å². The zero-order valence-corrected chi connectivity index (χ0v) is 13.4. The number of alkyl halides is 3. The molecule has 8 heteroatoms. The van der Waals surface area contributed by atoms with Gasteiger partial charge in [-0.3, -0.25) is 5.43 Å². The molecule has 2 aromatic carbocycles. The lowest BCUT2D eigenvalue weighted by Crippen LogP contribution is -2.08. The molecule has 1 N–H and O–H groups in total. The molecule has 0 spiro atoms. The summed E-state index contributed by atoms with van der Waals surface area (Å²) >= 11 is 1.24. The standard InChI is InChI=1S/C17H11F4N3S/c18-13-7-5-11(6-8-13)15-10-25-16(23-15)24-22-9-12-3-1-2-4-14(12)17(19,20)21/h1-10H,(H,23,24)/b22-9-. The number of hydrazone groups is 1. The van der Waals surface area contributed by atoms with Crippen molar-refractivity contribution in [3.05, 3.63) is 70.9 Å². The first-order valence-electron chi connectivity index (χ1n) is 7.10. The average molecular weight is 365 g/mol. The van der Waals surface area contributed by atoms with Gasteiger partial charge < -0.3 is 0 Å². The van der Waals surface area contributed by atoms with Crippen molar-refractivity contribution in [2.24, 2.45) is 5.10 Å². The summed E-state index contributed by atoms with van der Waals surface area (Å²) in [6.45, 7) is 0. The highest BCUT2D eigenvalue weighted by Crippen LogP contribution is 2.31. The summed E-state index contributed by atoms with van der Waals surface area (Å²) < 4.78 is 51.6. The summed E-state index contributed by atoms with van der Waals surface area (Å²) in [7, 11) is 0. The maximum Gasteiger partial charge on any atom is 0.417 e. The van der Waals surface area contributed by atoms with Crippen LogP contribution in [0.3, 0.4) is 0 Å². The zero-order valence-electron chi connectivity index (χ0n) is 12.6. The third kappa shape index (κ3) is 4.21. The van der Waals surface area contributed by atoms with E-state index < -0.39 is 11.7 Å². The maximum atomic E-state index is 12.9. The van der Waals surface area contributed by atoms with Crippen LogP contribution in [0.25, 0.3) is 11.3 Å². The van der Waals surface area contributed by atoms with Crippen LogP contribution in [0.1, 0.15) is 11.1 Å². The number of nitrogens with one attached hydrogen (secondary N) is 1. The molecule has 0 aliphatic rings. The van der Waals surface area contributed by atoms with E-state index >= 15 is 0 Å². The number of thiazole rings is 1. The normalized spacial score (nSPS) is 11.8. The molecule has 0 amide bonds. The Balaban J connectivity index is 1.73. The molecule has 3 rings (SSSR count). The number of anilines is 1. The van der Waals surface area contributed by atoms with E-state index in [9.17, 15) is 17.6 Å². The van der Waals surface area contributed by atoms with Crippen molar-refractivity contribution in [3.63, 3.8) is 0 Å². The van der Waals surface area contributed by atoms with Gasteiger partial charge in [0.1, 0.15) is 5.82 Å². The van der Waals surface area contributed by atoms with Gasteiger partial charge in [-0.1, -0.05) is 18.2 Å². The predicted molar refractivity (Wildman–Crippen MR) is 90.2 cm³/mol. The molecule has 0 aliphatic heterocycles. The van der Waals surface area contributed by atoms with Crippen LogP contribution in [0.5, 0.6) is 0 Å². The van der Waals surface area contributed by atoms with Gasteiger partial charge in [-0.25, -0.2) is 9.37 Å². The van der Waals surface area contributed by atoms with Crippen molar-refractivity contribution >= 4 is 22.7 Å². The average Bonchev–Trinajstić information content (AvgIpc) is 3.04. The Bertz CT molecular complexity index is 885. The Morgan fingerprint density at radius 1 is 1.04 bits per heavy atom. The minimum Gasteiger partial charge on any atom is -0.253 e. The largest absolute Gasteiger partial charge is 0.417 e. The van der Waals surface area contributed by atoms with E-state index in [-0.39, 0.29) is 11.4 Å². The molecule has 3 aromatic rings. The summed E-state index contributed by atoms with van der Waals surface area (Å²) in [5.74, 6) is -0.342. The third-order valence-corrected chi connectivity index (χ3v) is 4.02. The van der Waals surface area contributed by atoms with Crippen molar-refractivity contribution in [2.45, 2.75) is 6.18 Å². The second-order valence-corrected chi connectivity index (χ2v) is 5.86. The summed E-state index contributed by atoms with van der Waals surface area (Å²) in [5.41, 5.74) is 3.16. The molecule has 0 atom stereocenters. The molecule has 0 radical (unpaired) electrons. The van der Waals surface area contributed by atoms with Crippen LogP contribution in [-0.4, -0.2) is 11.2 Å². The number of halogens is 4. The topological polar surface area (TPSA) is 37.3 Å². The predicted octanol–water partition coefficient (Wildman–Crippen LogP) is 5.41. The van der Waals surface area contributed by atoms with Gasteiger partial charge in [0.2, 0.25) is 5.13 Å².